The maximum Gasteiger partial charge on any atom is 0.408 e. The molecule has 0 saturated carbocycles. The molecule has 3 aromatic heterocycles. The number of nitrogens with zero attached hydrogens (tertiary/aromatic N) is 6. The number of alkyl halides is 4. The van der Waals surface area contributed by atoms with Crippen molar-refractivity contribution in [3.05, 3.63) is 30.4 Å². The van der Waals surface area contributed by atoms with Gasteiger partial charge in [0.1, 0.15) is 35.2 Å². The summed E-state index contributed by atoms with van der Waals surface area (Å²) in [6.45, 7) is 4.64. The Morgan fingerprint density at radius 3 is 2.70 bits per heavy atom. The second-order valence-corrected chi connectivity index (χ2v) is 8.42. The van der Waals surface area contributed by atoms with Crippen molar-refractivity contribution >= 4 is 28.6 Å². The van der Waals surface area contributed by atoms with E-state index in [0.29, 0.717) is 35.6 Å². The number of nitrogens with one attached hydrogen (secondary N) is 1. The van der Waals surface area contributed by atoms with Crippen LogP contribution < -0.4 is 10.2 Å². The third-order valence-electron chi connectivity index (χ3n) is 5.95. The summed E-state index contributed by atoms with van der Waals surface area (Å²) in [5, 5.41) is 13.0. The summed E-state index contributed by atoms with van der Waals surface area (Å²) < 4.78 is 55.8. The average Bonchev–Trinajstić information content (AvgIpc) is 3.12. The summed E-state index contributed by atoms with van der Waals surface area (Å²) in [6, 6.07) is 1.33. The van der Waals surface area contributed by atoms with Crippen LogP contribution in [0.4, 0.5) is 35.1 Å². The Morgan fingerprint density at radius 1 is 1.27 bits per heavy atom. The number of aryl methyl sites for hydroxylation is 1. The topological polar surface area (TPSA) is 92.0 Å². The van der Waals surface area contributed by atoms with E-state index in [9.17, 15) is 22.7 Å². The lowest BCUT2D eigenvalue weighted by molar-refractivity contribution is -0.162. The summed E-state index contributed by atoms with van der Waals surface area (Å²) >= 11 is 0. The van der Waals surface area contributed by atoms with Gasteiger partial charge in [-0.1, -0.05) is 6.92 Å². The van der Waals surface area contributed by atoms with Crippen LogP contribution in [0.5, 0.6) is 0 Å². The number of fused-ring (bicyclic) bond motifs is 1. The van der Waals surface area contributed by atoms with Gasteiger partial charge in [-0.05, 0) is 26.3 Å². The van der Waals surface area contributed by atoms with Crippen LogP contribution >= 0.6 is 0 Å². The zero-order chi connectivity index (χ0) is 24.0. The molecular formula is C21H25F4N7O. The fourth-order valence-electron chi connectivity index (χ4n) is 3.83. The van der Waals surface area contributed by atoms with Gasteiger partial charge in [0.2, 0.25) is 5.95 Å². The van der Waals surface area contributed by atoms with Crippen molar-refractivity contribution in [1.82, 2.24) is 24.5 Å². The molecule has 12 heteroatoms. The summed E-state index contributed by atoms with van der Waals surface area (Å²) in [6.07, 6.45) is -2.39. The highest BCUT2D eigenvalue weighted by Gasteiger charge is 2.40. The van der Waals surface area contributed by atoms with Crippen LogP contribution in [0.15, 0.2) is 24.5 Å². The molecule has 4 heterocycles. The molecule has 3 atom stereocenters. The minimum absolute atomic E-state index is 0.0467. The Morgan fingerprint density at radius 2 is 2.03 bits per heavy atom. The van der Waals surface area contributed by atoms with E-state index in [2.05, 4.69) is 25.3 Å². The van der Waals surface area contributed by atoms with E-state index in [1.807, 2.05) is 0 Å². The number of anilines is 3. The van der Waals surface area contributed by atoms with Gasteiger partial charge in [-0.3, -0.25) is 0 Å². The minimum Gasteiger partial charge on any atom is -0.387 e. The first-order valence-corrected chi connectivity index (χ1v) is 10.6. The summed E-state index contributed by atoms with van der Waals surface area (Å²) in [5.41, 5.74) is -0.715. The van der Waals surface area contributed by atoms with Gasteiger partial charge in [-0.25, -0.2) is 19.3 Å². The third-order valence-corrected chi connectivity index (χ3v) is 5.95. The standard InChI is InChI=1S/C21H25F4N7O/c1-4-18-28-13-10-27-17(9-14(13)32(18)12(2)21(23,24)25)29-16-5-7-26-19(30-16)31-8-6-20(3,33)15(22)11-31/h5,7,9-10,12,15,33H,4,6,8,11H2,1-3H3,(H,26,27,29,30)/t12?,15-,20+/m0/s1. The van der Waals surface area contributed by atoms with Gasteiger partial charge in [0, 0.05) is 25.2 Å². The van der Waals surface area contributed by atoms with Crippen molar-refractivity contribution in [2.24, 2.45) is 0 Å². The monoisotopic (exact) mass is 467 g/mol. The summed E-state index contributed by atoms with van der Waals surface area (Å²) in [5.74, 6) is 1.24. The quantitative estimate of drug-likeness (QED) is 0.549. The van der Waals surface area contributed by atoms with Gasteiger partial charge in [-0.15, -0.1) is 0 Å². The zero-order valence-corrected chi connectivity index (χ0v) is 18.4. The van der Waals surface area contributed by atoms with Crippen molar-refractivity contribution in [2.75, 3.05) is 23.3 Å². The van der Waals surface area contributed by atoms with Gasteiger partial charge < -0.3 is 19.9 Å². The molecule has 4 rings (SSSR count). The van der Waals surface area contributed by atoms with E-state index >= 15 is 0 Å². The van der Waals surface area contributed by atoms with Crippen LogP contribution in [0.2, 0.25) is 0 Å². The Balaban J connectivity index is 1.62. The van der Waals surface area contributed by atoms with E-state index in [1.54, 1.807) is 17.9 Å². The number of hydrogen-bond donors (Lipinski definition) is 2. The smallest absolute Gasteiger partial charge is 0.387 e. The Bertz CT molecular complexity index is 1150. The van der Waals surface area contributed by atoms with E-state index < -0.39 is 24.0 Å². The molecule has 0 aliphatic carbocycles. The molecule has 1 aliphatic rings. The molecule has 0 spiro atoms. The Labute approximate surface area is 187 Å². The maximum atomic E-state index is 14.2. The van der Waals surface area contributed by atoms with E-state index in [-0.39, 0.29) is 24.7 Å². The highest BCUT2D eigenvalue weighted by molar-refractivity contribution is 5.79. The molecule has 8 nitrogen and oxygen atoms in total. The normalized spacial score (nSPS) is 22.5. The van der Waals surface area contributed by atoms with Gasteiger partial charge in [-0.2, -0.15) is 18.2 Å². The molecular weight excluding hydrogens is 442 g/mol. The fourth-order valence-corrected chi connectivity index (χ4v) is 3.83. The molecule has 1 saturated heterocycles. The second-order valence-electron chi connectivity index (χ2n) is 8.42. The summed E-state index contributed by atoms with van der Waals surface area (Å²) in [7, 11) is 0. The lowest BCUT2D eigenvalue weighted by Gasteiger charge is -2.38. The van der Waals surface area contributed by atoms with Crippen molar-refractivity contribution in [3.8, 4) is 0 Å². The molecule has 1 unspecified atom stereocenters. The predicted octanol–water partition coefficient (Wildman–Crippen LogP) is 3.95. The molecule has 178 valence electrons. The van der Waals surface area contributed by atoms with Crippen LogP contribution in [0, 0.1) is 0 Å². The van der Waals surface area contributed by atoms with Crippen LogP contribution in [0.3, 0.4) is 0 Å². The molecule has 0 bridgehead atoms. The highest BCUT2D eigenvalue weighted by atomic mass is 19.4. The van der Waals surface area contributed by atoms with Crippen LogP contribution in [0.1, 0.15) is 39.1 Å². The van der Waals surface area contributed by atoms with Crippen LogP contribution in [-0.4, -0.2) is 60.6 Å². The van der Waals surface area contributed by atoms with Gasteiger partial charge in [0.05, 0.1) is 23.9 Å². The number of hydrogen-bond acceptors (Lipinski definition) is 7. The van der Waals surface area contributed by atoms with Crippen molar-refractivity contribution in [2.45, 2.75) is 57.6 Å². The number of pyridine rings is 1. The van der Waals surface area contributed by atoms with Crippen LogP contribution in [0.25, 0.3) is 11.0 Å². The molecule has 2 N–H and O–H groups in total. The Hall–Kier alpha value is -3.02. The largest absolute Gasteiger partial charge is 0.408 e. The number of aliphatic hydroxyl groups is 1. The first-order valence-electron chi connectivity index (χ1n) is 10.6. The number of imidazole rings is 1. The summed E-state index contributed by atoms with van der Waals surface area (Å²) in [4.78, 5) is 18.7. The lowest BCUT2D eigenvalue weighted by atomic mass is 9.92. The van der Waals surface area contributed by atoms with Gasteiger partial charge >= 0.3 is 6.18 Å². The van der Waals surface area contributed by atoms with E-state index in [0.717, 1.165) is 6.92 Å². The van der Waals surface area contributed by atoms with Crippen molar-refractivity contribution in [1.29, 1.82) is 0 Å². The second kappa shape index (κ2) is 8.40. The highest BCUT2D eigenvalue weighted by Crippen LogP contribution is 2.34. The van der Waals surface area contributed by atoms with Gasteiger partial charge in [0.25, 0.3) is 0 Å². The molecule has 0 aromatic carbocycles. The molecule has 33 heavy (non-hydrogen) atoms. The first-order chi connectivity index (χ1) is 15.5. The maximum absolute atomic E-state index is 14.2. The number of rotatable bonds is 5. The first kappa shape index (κ1) is 23.1. The minimum atomic E-state index is -4.43. The number of halogens is 4. The molecule has 1 aliphatic heterocycles. The number of aromatic nitrogens is 5. The van der Waals surface area contributed by atoms with Crippen molar-refractivity contribution < 1.29 is 22.7 Å². The van der Waals surface area contributed by atoms with E-state index in [1.165, 1.54) is 30.0 Å². The average molecular weight is 467 g/mol. The number of piperidine rings is 1. The van der Waals surface area contributed by atoms with Gasteiger partial charge in [0.15, 0.2) is 0 Å². The fraction of sp³-hybridized carbons (Fsp3) is 0.524. The van der Waals surface area contributed by atoms with Crippen molar-refractivity contribution in [3.63, 3.8) is 0 Å². The Kier molecular flexibility index (Phi) is 5.89. The SMILES string of the molecule is CCc1nc2cnc(Nc3ccnc(N4CC[C@@](C)(O)[C@@H](F)C4)n3)cc2n1C(C)C(F)(F)F. The predicted molar refractivity (Wildman–Crippen MR) is 115 cm³/mol. The lowest BCUT2D eigenvalue weighted by Crippen LogP contribution is -2.52. The third kappa shape index (κ3) is 4.56. The van der Waals surface area contributed by atoms with Crippen LogP contribution in [-0.2, 0) is 6.42 Å². The molecule has 3 aromatic rings. The molecule has 0 radical (unpaired) electrons. The molecule has 0 amide bonds. The molecule has 1 fully saturated rings. The zero-order valence-electron chi connectivity index (χ0n) is 18.4. The van der Waals surface area contributed by atoms with E-state index in [4.69, 9.17) is 0 Å².